The molecule has 4 rings (SSSR count). The largest absolute Gasteiger partial charge is 0.489 e. The molecule has 1 N–H and O–H groups in total. The van der Waals surface area contributed by atoms with Crippen molar-refractivity contribution in [1.29, 1.82) is 5.26 Å². The molecule has 1 aliphatic heterocycles. The number of amides is 1. The van der Waals surface area contributed by atoms with Crippen molar-refractivity contribution in [3.8, 4) is 11.8 Å². The standard InChI is InChI=1S/C24H32ClN3O2/c25-20-5-8-23(19(15-20)16-26)30-22-10-13-28(14-11-22)12-9-17-1-6-21(7-2-17)27-24(29)18-3-4-18/h5,8,15,17-18,21-22H,1-4,6-7,9-14H2,(H,27,29)/t17-,21-. The van der Waals surface area contributed by atoms with E-state index in [1.807, 2.05) is 0 Å². The first-order valence-corrected chi connectivity index (χ1v) is 11.9. The molecule has 1 heterocycles. The molecule has 2 aliphatic carbocycles. The van der Waals surface area contributed by atoms with Crippen LogP contribution >= 0.6 is 11.6 Å². The first-order valence-electron chi connectivity index (χ1n) is 11.5. The first-order chi connectivity index (χ1) is 14.6. The number of nitrogens with one attached hydrogen (secondary N) is 1. The van der Waals surface area contributed by atoms with Crippen molar-refractivity contribution < 1.29 is 9.53 Å². The van der Waals surface area contributed by atoms with Gasteiger partial charge in [-0.05, 0) is 88.4 Å². The minimum atomic E-state index is 0.167. The van der Waals surface area contributed by atoms with Crippen LogP contribution in [-0.4, -0.2) is 42.6 Å². The quantitative estimate of drug-likeness (QED) is 0.691. The smallest absolute Gasteiger partial charge is 0.223 e. The minimum Gasteiger partial charge on any atom is -0.489 e. The van der Waals surface area contributed by atoms with E-state index < -0.39 is 0 Å². The number of carbonyl (C=O) groups excluding carboxylic acids is 1. The summed E-state index contributed by atoms with van der Waals surface area (Å²) in [5, 5.41) is 13.1. The molecule has 1 aromatic carbocycles. The number of benzene rings is 1. The van der Waals surface area contributed by atoms with Crippen molar-refractivity contribution in [2.45, 2.75) is 69.9 Å². The fraction of sp³-hybridized carbons (Fsp3) is 0.667. The fourth-order valence-electron chi connectivity index (χ4n) is 4.75. The molecule has 0 atom stereocenters. The molecule has 162 valence electrons. The lowest BCUT2D eigenvalue weighted by Crippen LogP contribution is -2.40. The van der Waals surface area contributed by atoms with Gasteiger partial charge in [0.05, 0.1) is 5.56 Å². The number of likely N-dealkylation sites (tertiary alicyclic amines) is 1. The van der Waals surface area contributed by atoms with Crippen LogP contribution < -0.4 is 10.1 Å². The molecule has 3 aliphatic rings. The van der Waals surface area contributed by atoms with Crippen molar-refractivity contribution in [3.63, 3.8) is 0 Å². The maximum absolute atomic E-state index is 11.9. The molecule has 2 saturated carbocycles. The van der Waals surface area contributed by atoms with Gasteiger partial charge in [0, 0.05) is 30.1 Å². The van der Waals surface area contributed by atoms with Crippen molar-refractivity contribution in [3.05, 3.63) is 28.8 Å². The Kier molecular flexibility index (Phi) is 7.17. The van der Waals surface area contributed by atoms with Gasteiger partial charge in [-0.3, -0.25) is 4.79 Å². The van der Waals surface area contributed by atoms with Crippen molar-refractivity contribution in [1.82, 2.24) is 10.2 Å². The van der Waals surface area contributed by atoms with Gasteiger partial charge in [0.25, 0.3) is 0 Å². The van der Waals surface area contributed by atoms with Gasteiger partial charge in [-0.1, -0.05) is 11.6 Å². The highest BCUT2D eigenvalue weighted by atomic mass is 35.5. The number of nitrogens with zero attached hydrogens (tertiary/aromatic N) is 2. The van der Waals surface area contributed by atoms with Crippen LogP contribution in [0.15, 0.2) is 18.2 Å². The number of piperidine rings is 1. The Morgan fingerprint density at radius 2 is 1.87 bits per heavy atom. The highest BCUT2D eigenvalue weighted by Crippen LogP contribution is 2.32. The number of nitriles is 1. The molecule has 0 radical (unpaired) electrons. The van der Waals surface area contributed by atoms with Crippen molar-refractivity contribution in [2.24, 2.45) is 11.8 Å². The van der Waals surface area contributed by atoms with Crippen LogP contribution in [0.5, 0.6) is 5.75 Å². The molecule has 6 heteroatoms. The number of carbonyl (C=O) groups is 1. The Bertz CT molecular complexity index is 773. The molecule has 0 aromatic heterocycles. The first kappa shape index (κ1) is 21.5. The third-order valence-corrected chi connectivity index (χ3v) is 7.12. The molecule has 1 amide bonds. The second-order valence-electron chi connectivity index (χ2n) is 9.20. The van der Waals surface area contributed by atoms with Gasteiger partial charge >= 0.3 is 0 Å². The average molecular weight is 430 g/mol. The molecule has 1 saturated heterocycles. The van der Waals surface area contributed by atoms with E-state index in [1.54, 1.807) is 18.2 Å². The van der Waals surface area contributed by atoms with Gasteiger partial charge < -0.3 is 15.0 Å². The molecule has 30 heavy (non-hydrogen) atoms. The summed E-state index contributed by atoms with van der Waals surface area (Å²) in [5.74, 6) is 2.05. The SMILES string of the molecule is N#Cc1cc(Cl)ccc1OC1CCN(CC[C@H]2CC[C@H](NC(=O)C3CC3)CC2)CC1. The summed E-state index contributed by atoms with van der Waals surface area (Å²) in [6.45, 7) is 3.25. The summed E-state index contributed by atoms with van der Waals surface area (Å²) < 4.78 is 6.10. The van der Waals surface area contributed by atoms with E-state index in [9.17, 15) is 10.1 Å². The molecule has 0 bridgehead atoms. The Morgan fingerprint density at radius 3 is 2.53 bits per heavy atom. The molecule has 3 fully saturated rings. The van der Waals surface area contributed by atoms with Gasteiger partial charge in [-0.15, -0.1) is 0 Å². The Morgan fingerprint density at radius 1 is 1.13 bits per heavy atom. The van der Waals surface area contributed by atoms with E-state index in [4.69, 9.17) is 16.3 Å². The van der Waals surface area contributed by atoms with Crippen LogP contribution in [0.1, 0.15) is 63.4 Å². The van der Waals surface area contributed by atoms with Crippen LogP contribution in [0.2, 0.25) is 5.02 Å². The second kappa shape index (κ2) is 10.0. The molecular weight excluding hydrogens is 398 g/mol. The third kappa shape index (κ3) is 5.89. The monoisotopic (exact) mass is 429 g/mol. The number of rotatable bonds is 7. The highest BCUT2D eigenvalue weighted by molar-refractivity contribution is 6.30. The average Bonchev–Trinajstić information content (AvgIpc) is 3.61. The van der Waals surface area contributed by atoms with E-state index in [0.717, 1.165) is 64.1 Å². The maximum Gasteiger partial charge on any atom is 0.223 e. The van der Waals surface area contributed by atoms with Gasteiger partial charge in [-0.25, -0.2) is 0 Å². The predicted molar refractivity (Wildman–Crippen MR) is 117 cm³/mol. The lowest BCUT2D eigenvalue weighted by Gasteiger charge is -2.34. The van der Waals surface area contributed by atoms with Crippen LogP contribution in [0.3, 0.4) is 0 Å². The van der Waals surface area contributed by atoms with E-state index in [2.05, 4.69) is 16.3 Å². The predicted octanol–water partition coefficient (Wildman–Crippen LogP) is 4.53. The summed E-state index contributed by atoms with van der Waals surface area (Å²) in [5.41, 5.74) is 0.508. The lowest BCUT2D eigenvalue weighted by molar-refractivity contribution is -0.123. The zero-order chi connectivity index (χ0) is 20.9. The minimum absolute atomic E-state index is 0.167. The van der Waals surface area contributed by atoms with Crippen LogP contribution in [0.25, 0.3) is 0 Å². The number of halogens is 1. The fourth-order valence-corrected chi connectivity index (χ4v) is 4.92. The van der Waals surface area contributed by atoms with Crippen LogP contribution in [-0.2, 0) is 4.79 Å². The number of hydrogen-bond donors (Lipinski definition) is 1. The van der Waals surface area contributed by atoms with E-state index in [0.29, 0.717) is 34.2 Å². The number of ether oxygens (including phenoxy) is 1. The van der Waals surface area contributed by atoms with Gasteiger partial charge in [0.1, 0.15) is 17.9 Å². The third-order valence-electron chi connectivity index (χ3n) is 6.89. The van der Waals surface area contributed by atoms with Crippen molar-refractivity contribution in [2.75, 3.05) is 19.6 Å². The summed E-state index contributed by atoms with van der Waals surface area (Å²) >= 11 is 5.97. The zero-order valence-corrected chi connectivity index (χ0v) is 18.4. The van der Waals surface area contributed by atoms with Crippen molar-refractivity contribution >= 4 is 17.5 Å². The summed E-state index contributed by atoms with van der Waals surface area (Å²) in [6.07, 6.45) is 10.3. The molecular formula is C24H32ClN3O2. The summed E-state index contributed by atoms with van der Waals surface area (Å²) in [4.78, 5) is 14.5. The lowest BCUT2D eigenvalue weighted by atomic mass is 9.84. The normalized spacial score (nSPS) is 25.5. The Labute approximate surface area is 184 Å². The Hall–Kier alpha value is -1.77. The maximum atomic E-state index is 11.9. The topological polar surface area (TPSA) is 65.4 Å². The van der Waals surface area contributed by atoms with Gasteiger partial charge in [0.15, 0.2) is 0 Å². The van der Waals surface area contributed by atoms with E-state index in [-0.39, 0.29) is 6.10 Å². The molecule has 0 unspecified atom stereocenters. The number of hydrogen-bond acceptors (Lipinski definition) is 4. The second-order valence-corrected chi connectivity index (χ2v) is 9.64. The molecule has 5 nitrogen and oxygen atoms in total. The summed E-state index contributed by atoms with van der Waals surface area (Å²) in [6, 6.07) is 7.82. The van der Waals surface area contributed by atoms with Crippen LogP contribution in [0, 0.1) is 23.2 Å². The summed E-state index contributed by atoms with van der Waals surface area (Å²) in [7, 11) is 0. The van der Waals surface area contributed by atoms with E-state index in [1.165, 1.54) is 19.3 Å². The van der Waals surface area contributed by atoms with Crippen LogP contribution in [0.4, 0.5) is 0 Å². The van der Waals surface area contributed by atoms with Gasteiger partial charge in [-0.2, -0.15) is 5.26 Å². The molecule has 0 spiro atoms. The van der Waals surface area contributed by atoms with Gasteiger partial charge in [0.2, 0.25) is 5.91 Å². The highest BCUT2D eigenvalue weighted by Gasteiger charge is 2.32. The Balaban J connectivity index is 1.13. The zero-order valence-electron chi connectivity index (χ0n) is 17.6. The van der Waals surface area contributed by atoms with E-state index >= 15 is 0 Å². The molecule has 1 aromatic rings.